The maximum atomic E-state index is 13.1. The molecule has 90 valence electrons. The molecule has 2 heteroatoms. The van der Waals surface area contributed by atoms with Crippen molar-refractivity contribution in [3.63, 3.8) is 0 Å². The second kappa shape index (κ2) is 6.00. The van der Waals surface area contributed by atoms with Crippen LogP contribution in [0.1, 0.15) is 31.4 Å². The van der Waals surface area contributed by atoms with Gasteiger partial charge in [0.1, 0.15) is 5.82 Å². The molecule has 2 atom stereocenters. The maximum Gasteiger partial charge on any atom is 0.123 e. The Morgan fingerprint density at radius 2 is 2.06 bits per heavy atom. The van der Waals surface area contributed by atoms with Crippen LogP contribution < -0.4 is 5.32 Å². The molecule has 1 nitrogen and oxygen atoms in total. The Labute approximate surface area is 98.1 Å². The molecule has 0 saturated carbocycles. The van der Waals surface area contributed by atoms with E-state index in [1.54, 1.807) is 6.07 Å². The van der Waals surface area contributed by atoms with Gasteiger partial charge in [-0.1, -0.05) is 19.9 Å². The van der Waals surface area contributed by atoms with Gasteiger partial charge in [0.2, 0.25) is 0 Å². The Kier molecular flexibility index (Phi) is 4.94. The van der Waals surface area contributed by atoms with Gasteiger partial charge in [0.05, 0.1) is 0 Å². The molecule has 0 radical (unpaired) electrons. The van der Waals surface area contributed by atoms with Crippen LogP contribution in [-0.2, 0) is 6.42 Å². The lowest BCUT2D eigenvalue weighted by Crippen LogP contribution is -2.32. The standard InChI is InChI=1S/C14H22FN/c1-5-14(16-4)11(3)8-12-9-13(15)7-6-10(12)2/h6-7,9,11,14,16H,5,8H2,1-4H3. The van der Waals surface area contributed by atoms with E-state index in [1.807, 2.05) is 20.0 Å². The minimum Gasteiger partial charge on any atom is -0.317 e. The summed E-state index contributed by atoms with van der Waals surface area (Å²) < 4.78 is 13.1. The predicted molar refractivity (Wildman–Crippen MR) is 67.1 cm³/mol. The van der Waals surface area contributed by atoms with E-state index in [1.165, 1.54) is 11.6 Å². The van der Waals surface area contributed by atoms with E-state index in [0.717, 1.165) is 18.4 Å². The molecule has 0 saturated heterocycles. The molecule has 1 N–H and O–H groups in total. The number of halogens is 1. The number of benzene rings is 1. The Hall–Kier alpha value is -0.890. The fourth-order valence-corrected chi connectivity index (χ4v) is 2.24. The average Bonchev–Trinajstić information content (AvgIpc) is 2.25. The van der Waals surface area contributed by atoms with Gasteiger partial charge in [0, 0.05) is 6.04 Å². The topological polar surface area (TPSA) is 12.0 Å². The zero-order valence-electron chi connectivity index (χ0n) is 10.7. The molecule has 0 aromatic heterocycles. The lowest BCUT2D eigenvalue weighted by molar-refractivity contribution is 0.386. The molecule has 0 spiro atoms. The van der Waals surface area contributed by atoms with Crippen molar-refractivity contribution in [3.05, 3.63) is 35.1 Å². The molecule has 16 heavy (non-hydrogen) atoms. The van der Waals surface area contributed by atoms with Gasteiger partial charge >= 0.3 is 0 Å². The number of hydrogen-bond acceptors (Lipinski definition) is 1. The van der Waals surface area contributed by atoms with Gasteiger partial charge in [0.25, 0.3) is 0 Å². The molecule has 0 aliphatic heterocycles. The molecule has 2 unspecified atom stereocenters. The van der Waals surface area contributed by atoms with Crippen molar-refractivity contribution in [2.24, 2.45) is 5.92 Å². The van der Waals surface area contributed by atoms with Crippen LogP contribution in [0.5, 0.6) is 0 Å². The number of nitrogens with one attached hydrogen (secondary N) is 1. The molecular weight excluding hydrogens is 201 g/mol. The van der Waals surface area contributed by atoms with Crippen molar-refractivity contribution >= 4 is 0 Å². The first kappa shape index (κ1) is 13.2. The molecule has 0 fully saturated rings. The fourth-order valence-electron chi connectivity index (χ4n) is 2.24. The van der Waals surface area contributed by atoms with Crippen LogP contribution in [0.15, 0.2) is 18.2 Å². The van der Waals surface area contributed by atoms with E-state index in [4.69, 9.17) is 0 Å². The molecule has 0 aliphatic rings. The minimum absolute atomic E-state index is 0.134. The summed E-state index contributed by atoms with van der Waals surface area (Å²) in [6.07, 6.45) is 2.04. The Morgan fingerprint density at radius 3 is 2.62 bits per heavy atom. The van der Waals surface area contributed by atoms with Crippen LogP contribution in [0.2, 0.25) is 0 Å². The highest BCUT2D eigenvalue weighted by atomic mass is 19.1. The summed E-state index contributed by atoms with van der Waals surface area (Å²) in [6, 6.07) is 5.55. The highest BCUT2D eigenvalue weighted by molar-refractivity contribution is 5.27. The molecule has 0 amide bonds. The van der Waals surface area contributed by atoms with Crippen molar-refractivity contribution in [3.8, 4) is 0 Å². The summed E-state index contributed by atoms with van der Waals surface area (Å²) >= 11 is 0. The van der Waals surface area contributed by atoms with E-state index < -0.39 is 0 Å². The first-order valence-electron chi connectivity index (χ1n) is 6.00. The van der Waals surface area contributed by atoms with Crippen LogP contribution in [0.3, 0.4) is 0 Å². The predicted octanol–water partition coefficient (Wildman–Crippen LogP) is 3.31. The van der Waals surface area contributed by atoms with E-state index in [2.05, 4.69) is 19.2 Å². The summed E-state index contributed by atoms with van der Waals surface area (Å²) in [5.41, 5.74) is 2.31. The second-order valence-corrected chi connectivity index (χ2v) is 4.56. The van der Waals surface area contributed by atoms with Crippen molar-refractivity contribution in [1.29, 1.82) is 0 Å². The summed E-state index contributed by atoms with van der Waals surface area (Å²) in [5, 5.41) is 3.31. The van der Waals surface area contributed by atoms with Crippen LogP contribution in [0.25, 0.3) is 0 Å². The highest BCUT2D eigenvalue weighted by Gasteiger charge is 2.14. The normalized spacial score (nSPS) is 14.8. The van der Waals surface area contributed by atoms with E-state index in [-0.39, 0.29) is 5.82 Å². The quantitative estimate of drug-likeness (QED) is 0.807. The summed E-state index contributed by atoms with van der Waals surface area (Å²) in [6.45, 7) is 6.44. The van der Waals surface area contributed by atoms with E-state index in [0.29, 0.717) is 12.0 Å². The molecule has 0 heterocycles. The van der Waals surface area contributed by atoms with Gasteiger partial charge in [-0.15, -0.1) is 0 Å². The van der Waals surface area contributed by atoms with E-state index in [9.17, 15) is 4.39 Å². The summed E-state index contributed by atoms with van der Waals surface area (Å²) in [4.78, 5) is 0. The molecule has 1 aromatic rings. The second-order valence-electron chi connectivity index (χ2n) is 4.56. The van der Waals surface area contributed by atoms with E-state index >= 15 is 0 Å². The third-order valence-electron chi connectivity index (χ3n) is 3.35. The van der Waals surface area contributed by atoms with Crippen molar-refractivity contribution in [2.75, 3.05) is 7.05 Å². The third kappa shape index (κ3) is 3.31. The molecular formula is C14H22FN. The Balaban J connectivity index is 2.75. The molecule has 1 aromatic carbocycles. The lowest BCUT2D eigenvalue weighted by Gasteiger charge is -2.22. The van der Waals surface area contributed by atoms with Gasteiger partial charge in [-0.05, 0) is 56.0 Å². The number of rotatable bonds is 5. The van der Waals surface area contributed by atoms with Gasteiger partial charge < -0.3 is 5.32 Å². The first-order chi connectivity index (χ1) is 7.58. The summed E-state index contributed by atoms with van der Waals surface area (Å²) in [7, 11) is 1.99. The average molecular weight is 223 g/mol. The Morgan fingerprint density at radius 1 is 1.38 bits per heavy atom. The molecule has 0 aliphatic carbocycles. The van der Waals surface area contributed by atoms with Gasteiger partial charge in [-0.25, -0.2) is 4.39 Å². The van der Waals surface area contributed by atoms with Crippen LogP contribution in [0.4, 0.5) is 4.39 Å². The first-order valence-corrected chi connectivity index (χ1v) is 6.00. The van der Waals surface area contributed by atoms with Gasteiger partial charge in [-0.2, -0.15) is 0 Å². The van der Waals surface area contributed by atoms with Crippen LogP contribution in [-0.4, -0.2) is 13.1 Å². The number of hydrogen-bond donors (Lipinski definition) is 1. The SMILES string of the molecule is CCC(NC)C(C)Cc1cc(F)ccc1C. The smallest absolute Gasteiger partial charge is 0.123 e. The summed E-state index contributed by atoms with van der Waals surface area (Å²) in [5.74, 6) is 0.390. The molecule has 1 rings (SSSR count). The van der Waals surface area contributed by atoms with Gasteiger partial charge in [0.15, 0.2) is 0 Å². The third-order valence-corrected chi connectivity index (χ3v) is 3.35. The van der Waals surface area contributed by atoms with Crippen LogP contribution >= 0.6 is 0 Å². The number of aryl methyl sites for hydroxylation is 1. The van der Waals surface area contributed by atoms with Gasteiger partial charge in [-0.3, -0.25) is 0 Å². The van der Waals surface area contributed by atoms with Crippen molar-refractivity contribution < 1.29 is 4.39 Å². The largest absolute Gasteiger partial charge is 0.317 e. The van der Waals surface area contributed by atoms with Crippen molar-refractivity contribution in [1.82, 2.24) is 5.32 Å². The maximum absolute atomic E-state index is 13.1. The lowest BCUT2D eigenvalue weighted by atomic mass is 9.90. The zero-order valence-corrected chi connectivity index (χ0v) is 10.7. The molecule has 0 bridgehead atoms. The van der Waals surface area contributed by atoms with Crippen LogP contribution in [0, 0.1) is 18.7 Å². The Bertz CT molecular complexity index is 332. The monoisotopic (exact) mass is 223 g/mol. The zero-order chi connectivity index (χ0) is 12.1. The highest BCUT2D eigenvalue weighted by Crippen LogP contribution is 2.18. The van der Waals surface area contributed by atoms with Crippen molar-refractivity contribution in [2.45, 2.75) is 39.7 Å². The minimum atomic E-state index is -0.134. The fraction of sp³-hybridized carbons (Fsp3) is 0.571.